The molecule has 0 spiro atoms. The summed E-state index contributed by atoms with van der Waals surface area (Å²) in [6, 6.07) is 6.26. The molecule has 0 atom stereocenters. The van der Waals surface area contributed by atoms with E-state index in [1.807, 2.05) is 6.92 Å². The normalized spacial score (nSPS) is 14.5. The van der Waals surface area contributed by atoms with E-state index in [1.54, 1.807) is 12.1 Å². The van der Waals surface area contributed by atoms with Crippen molar-refractivity contribution in [3.8, 4) is 11.5 Å². The number of nitrogens with zero attached hydrogens (tertiary/aromatic N) is 1. The topological polar surface area (TPSA) is 74.2 Å². The summed E-state index contributed by atoms with van der Waals surface area (Å²) in [4.78, 5) is 28.0. The highest BCUT2D eigenvalue weighted by molar-refractivity contribution is 6.34. The van der Waals surface area contributed by atoms with Crippen molar-refractivity contribution in [1.82, 2.24) is 0 Å². The maximum absolute atomic E-state index is 13.5. The van der Waals surface area contributed by atoms with Crippen LogP contribution in [0, 0.1) is 11.6 Å². The van der Waals surface area contributed by atoms with Crippen molar-refractivity contribution in [2.24, 2.45) is 4.99 Å². The number of aliphatic imine (C=N–C) groups is 1. The minimum atomic E-state index is -1.15. The minimum Gasteiger partial charge on any atom is -0.493 e. The summed E-state index contributed by atoms with van der Waals surface area (Å²) in [7, 11) is 1.43. The SMILES string of the molecule is CCCC(=O)Oc1cc(/C=C2/N=C(c3cc(F)c(F)cc3Cl)OC2=O)ccc1OC. The molecule has 30 heavy (non-hydrogen) atoms. The molecule has 0 aromatic heterocycles. The third-order valence-corrected chi connectivity index (χ3v) is 4.34. The fraction of sp³-hybridized carbons (Fsp3) is 0.190. The van der Waals surface area contributed by atoms with Gasteiger partial charge < -0.3 is 14.2 Å². The number of carbonyl (C=O) groups excluding carboxylic acids is 2. The molecule has 3 rings (SSSR count). The number of hydrogen-bond acceptors (Lipinski definition) is 6. The zero-order chi connectivity index (χ0) is 21.8. The zero-order valence-corrected chi connectivity index (χ0v) is 16.8. The van der Waals surface area contributed by atoms with Gasteiger partial charge in [-0.25, -0.2) is 18.6 Å². The molecule has 156 valence electrons. The number of halogens is 3. The fourth-order valence-electron chi connectivity index (χ4n) is 2.61. The Kier molecular flexibility index (Phi) is 6.47. The molecule has 9 heteroatoms. The van der Waals surface area contributed by atoms with Crippen LogP contribution in [0.4, 0.5) is 8.78 Å². The Balaban J connectivity index is 1.94. The van der Waals surface area contributed by atoms with Crippen molar-refractivity contribution in [3.63, 3.8) is 0 Å². The Morgan fingerprint density at radius 1 is 1.20 bits per heavy atom. The smallest absolute Gasteiger partial charge is 0.363 e. The first-order valence-corrected chi connectivity index (χ1v) is 9.26. The molecule has 0 saturated heterocycles. The van der Waals surface area contributed by atoms with Gasteiger partial charge in [0.05, 0.1) is 17.7 Å². The predicted molar refractivity (Wildman–Crippen MR) is 106 cm³/mol. The molecule has 0 unspecified atom stereocenters. The van der Waals surface area contributed by atoms with Crippen molar-refractivity contribution in [2.45, 2.75) is 19.8 Å². The summed E-state index contributed by atoms with van der Waals surface area (Å²) in [5.74, 6) is -3.23. The van der Waals surface area contributed by atoms with Crippen LogP contribution in [-0.2, 0) is 14.3 Å². The lowest BCUT2D eigenvalue weighted by Crippen LogP contribution is -2.08. The van der Waals surface area contributed by atoms with Gasteiger partial charge in [0.1, 0.15) is 0 Å². The van der Waals surface area contributed by atoms with E-state index >= 15 is 0 Å². The Bertz CT molecular complexity index is 1080. The second kappa shape index (κ2) is 9.04. The highest BCUT2D eigenvalue weighted by atomic mass is 35.5. The van der Waals surface area contributed by atoms with Crippen LogP contribution in [0.15, 0.2) is 41.0 Å². The Hall–Kier alpha value is -3.26. The van der Waals surface area contributed by atoms with Gasteiger partial charge in [-0.1, -0.05) is 24.6 Å². The van der Waals surface area contributed by atoms with Crippen molar-refractivity contribution in [3.05, 3.63) is 63.8 Å². The highest BCUT2D eigenvalue weighted by Crippen LogP contribution is 2.31. The Morgan fingerprint density at radius 3 is 2.63 bits per heavy atom. The van der Waals surface area contributed by atoms with Gasteiger partial charge in [-0.3, -0.25) is 4.79 Å². The second-order valence-electron chi connectivity index (χ2n) is 6.22. The van der Waals surface area contributed by atoms with Crippen LogP contribution in [0.5, 0.6) is 11.5 Å². The first kappa shape index (κ1) is 21.4. The van der Waals surface area contributed by atoms with E-state index in [2.05, 4.69) is 4.99 Å². The molecular weight excluding hydrogens is 420 g/mol. The molecule has 0 fully saturated rings. The van der Waals surface area contributed by atoms with Crippen molar-refractivity contribution in [1.29, 1.82) is 0 Å². The van der Waals surface area contributed by atoms with E-state index in [9.17, 15) is 18.4 Å². The summed E-state index contributed by atoms with van der Waals surface area (Å²) in [5, 5.41) is -0.156. The summed E-state index contributed by atoms with van der Waals surface area (Å²) >= 11 is 5.90. The number of esters is 2. The molecule has 0 bridgehead atoms. The molecular formula is C21H16ClF2NO5. The van der Waals surface area contributed by atoms with Crippen LogP contribution in [0.3, 0.4) is 0 Å². The number of carbonyl (C=O) groups is 2. The summed E-state index contributed by atoms with van der Waals surface area (Å²) < 4.78 is 42.3. The van der Waals surface area contributed by atoms with Crippen molar-refractivity contribution in [2.75, 3.05) is 7.11 Å². The van der Waals surface area contributed by atoms with E-state index < -0.39 is 23.6 Å². The molecule has 1 aliphatic heterocycles. The molecule has 6 nitrogen and oxygen atoms in total. The van der Waals surface area contributed by atoms with Crippen molar-refractivity contribution >= 4 is 35.5 Å². The summed E-state index contributed by atoms with van der Waals surface area (Å²) in [5.41, 5.74) is 0.321. The molecule has 2 aromatic rings. The average Bonchev–Trinajstić information content (AvgIpc) is 3.05. The summed E-state index contributed by atoms with van der Waals surface area (Å²) in [6.45, 7) is 1.85. The number of hydrogen-bond donors (Lipinski definition) is 0. The molecule has 1 aliphatic rings. The number of cyclic esters (lactones) is 1. The fourth-order valence-corrected chi connectivity index (χ4v) is 2.84. The maximum atomic E-state index is 13.5. The van der Waals surface area contributed by atoms with E-state index in [0.717, 1.165) is 12.1 Å². The molecule has 0 radical (unpaired) electrons. The van der Waals surface area contributed by atoms with Crippen molar-refractivity contribution < 1.29 is 32.6 Å². The first-order chi connectivity index (χ1) is 14.3. The van der Waals surface area contributed by atoms with Gasteiger partial charge in [0.15, 0.2) is 28.8 Å². The average molecular weight is 436 g/mol. The molecule has 0 saturated carbocycles. The standard InChI is InChI=1S/C21H16ClF2NO5/c1-3-4-19(26)29-18-8-11(5-6-17(18)28-2)7-16-21(27)30-20(25-16)12-9-14(23)15(24)10-13(12)22/h5-10H,3-4H2,1-2H3/b16-7+. The van der Waals surface area contributed by atoms with Gasteiger partial charge in [-0.15, -0.1) is 0 Å². The number of methoxy groups -OCH3 is 1. The third kappa shape index (κ3) is 4.65. The van der Waals surface area contributed by atoms with Gasteiger partial charge in [-0.05, 0) is 42.3 Å². The molecule has 0 aliphatic carbocycles. The predicted octanol–water partition coefficient (Wildman–Crippen LogP) is 4.68. The molecule has 2 aromatic carbocycles. The quantitative estimate of drug-likeness (QED) is 0.285. The van der Waals surface area contributed by atoms with Crippen LogP contribution in [0.25, 0.3) is 6.08 Å². The third-order valence-electron chi connectivity index (χ3n) is 4.03. The van der Waals surface area contributed by atoms with Gasteiger partial charge in [-0.2, -0.15) is 0 Å². The van der Waals surface area contributed by atoms with Gasteiger partial charge in [0.25, 0.3) is 0 Å². The second-order valence-corrected chi connectivity index (χ2v) is 6.62. The Morgan fingerprint density at radius 2 is 1.93 bits per heavy atom. The van der Waals surface area contributed by atoms with Crippen LogP contribution in [0.2, 0.25) is 5.02 Å². The molecule has 0 amide bonds. The molecule has 0 N–H and O–H groups in total. The minimum absolute atomic E-state index is 0.0590. The van der Waals surface area contributed by atoms with Gasteiger partial charge >= 0.3 is 11.9 Å². The Labute approximate surface area is 175 Å². The zero-order valence-electron chi connectivity index (χ0n) is 16.0. The number of ether oxygens (including phenoxy) is 3. The van der Waals surface area contributed by atoms with Gasteiger partial charge in [0, 0.05) is 6.42 Å². The van der Waals surface area contributed by atoms with Gasteiger partial charge in [0.2, 0.25) is 5.90 Å². The van der Waals surface area contributed by atoms with E-state index in [-0.39, 0.29) is 34.4 Å². The highest BCUT2D eigenvalue weighted by Gasteiger charge is 2.27. The van der Waals surface area contributed by atoms with Crippen LogP contribution in [0.1, 0.15) is 30.9 Å². The number of benzene rings is 2. The van der Waals surface area contributed by atoms with E-state index in [4.69, 9.17) is 25.8 Å². The number of rotatable bonds is 6. The van der Waals surface area contributed by atoms with Crippen LogP contribution in [-0.4, -0.2) is 24.9 Å². The first-order valence-electron chi connectivity index (χ1n) is 8.88. The lowest BCUT2D eigenvalue weighted by molar-refractivity contribution is -0.134. The van der Waals surface area contributed by atoms with E-state index in [1.165, 1.54) is 19.3 Å². The van der Waals surface area contributed by atoms with Crippen LogP contribution >= 0.6 is 11.6 Å². The largest absolute Gasteiger partial charge is 0.493 e. The van der Waals surface area contributed by atoms with E-state index in [0.29, 0.717) is 17.7 Å². The monoisotopic (exact) mass is 435 g/mol. The summed E-state index contributed by atoms with van der Waals surface area (Å²) in [6.07, 6.45) is 2.25. The maximum Gasteiger partial charge on any atom is 0.363 e. The lowest BCUT2D eigenvalue weighted by Gasteiger charge is -2.09. The van der Waals surface area contributed by atoms with Crippen LogP contribution < -0.4 is 9.47 Å². The lowest BCUT2D eigenvalue weighted by atomic mass is 10.1. The molecule has 1 heterocycles.